The van der Waals surface area contributed by atoms with Crippen LogP contribution in [-0.4, -0.2) is 0 Å². The molecule has 0 aromatic heterocycles. The molecule has 0 N–H and O–H groups in total. The van der Waals surface area contributed by atoms with Crippen LogP contribution >= 0.6 is 0 Å². The molecule has 4 rings (SSSR count). The topological polar surface area (TPSA) is 18.5 Å². The third-order valence-electron chi connectivity index (χ3n) is 8.58. The monoisotopic (exact) mass is 574 g/mol. The second kappa shape index (κ2) is 10.9. The van der Waals surface area contributed by atoms with Crippen molar-refractivity contribution < 1.29 is 26.8 Å². The Hall–Kier alpha value is -2.12. The van der Waals surface area contributed by atoms with Crippen LogP contribution in [0.4, 0.5) is 0 Å². The third-order valence-corrected chi connectivity index (χ3v) is 17.7. The van der Waals surface area contributed by atoms with Crippen LogP contribution in [0.25, 0.3) is 0 Å². The summed E-state index contributed by atoms with van der Waals surface area (Å²) in [4.78, 5) is 0. The van der Waals surface area contributed by atoms with Gasteiger partial charge in [-0.25, -0.2) is 0 Å². The predicted molar refractivity (Wildman–Crippen MR) is 154 cm³/mol. The first-order chi connectivity index (χ1) is 17.5. The van der Waals surface area contributed by atoms with Gasteiger partial charge in [-0.3, -0.25) is 0 Å². The van der Waals surface area contributed by atoms with E-state index >= 15 is 0 Å². The molecule has 2 aromatic carbocycles. The Morgan fingerprint density at radius 3 is 1.19 bits per heavy atom. The van der Waals surface area contributed by atoms with Crippen LogP contribution in [0, 0.1) is 0 Å². The number of para-hydroxylation sites is 2. The molecule has 0 saturated carbocycles. The standard InChI is InChI=1S/2C9H12O.2C8H11.Zr/c2*1-7(2)8-5-3-4-6-9(8)10;2*1-6-4-5-7(2)8(6)3;/h2*3-7,10H,1-2H3;2*4H2,1-3H3;/q;;;;+2/p-2. The Balaban J connectivity index is 2.03. The number of benzene rings is 2. The Bertz CT molecular complexity index is 1230. The summed E-state index contributed by atoms with van der Waals surface area (Å²) in [6.45, 7) is 22.7. The van der Waals surface area contributed by atoms with Crippen LogP contribution in [0.15, 0.2) is 88.5 Å². The molecule has 2 aliphatic carbocycles. The number of allylic oxidation sites excluding steroid dienone is 8. The molecule has 0 spiro atoms. The molecule has 0 unspecified atom stereocenters. The average Bonchev–Trinajstić information content (AvgIpc) is 3.28. The van der Waals surface area contributed by atoms with E-state index in [1.54, 1.807) is 0 Å². The summed E-state index contributed by atoms with van der Waals surface area (Å²) < 4.78 is 18.0. The molecule has 0 amide bonds. The van der Waals surface area contributed by atoms with Crippen LogP contribution in [0.2, 0.25) is 0 Å². The second-order valence-corrected chi connectivity index (χ2v) is 18.6. The van der Waals surface area contributed by atoms with Gasteiger partial charge in [0.1, 0.15) is 0 Å². The van der Waals surface area contributed by atoms with Crippen molar-refractivity contribution in [2.45, 2.75) is 93.9 Å². The summed E-state index contributed by atoms with van der Waals surface area (Å²) in [6, 6.07) is 17.2. The molecule has 0 atom stereocenters. The quantitative estimate of drug-likeness (QED) is 0.312. The van der Waals surface area contributed by atoms with E-state index in [9.17, 15) is 0 Å². The molecule has 2 nitrogen and oxygen atoms in total. The van der Waals surface area contributed by atoms with Crippen LogP contribution in [0.3, 0.4) is 0 Å². The van der Waals surface area contributed by atoms with Crippen molar-refractivity contribution >= 4 is 0 Å². The van der Waals surface area contributed by atoms with Gasteiger partial charge in [-0.05, 0) is 0 Å². The first-order valence-electron chi connectivity index (χ1n) is 13.8. The van der Waals surface area contributed by atoms with Gasteiger partial charge in [-0.2, -0.15) is 0 Å². The van der Waals surface area contributed by atoms with E-state index in [1.807, 2.05) is 0 Å². The van der Waals surface area contributed by atoms with Gasteiger partial charge in [0.05, 0.1) is 0 Å². The molecule has 2 aliphatic rings. The summed E-state index contributed by atoms with van der Waals surface area (Å²) in [5, 5.41) is 0. The molecule has 0 heterocycles. The van der Waals surface area contributed by atoms with Gasteiger partial charge in [0.2, 0.25) is 0 Å². The first kappa shape index (κ1) is 27.9. The molecule has 3 heteroatoms. The fourth-order valence-electron chi connectivity index (χ4n) is 5.74. The molecule has 0 fully saturated rings. The van der Waals surface area contributed by atoms with Crippen LogP contribution < -0.4 is 5.63 Å². The summed E-state index contributed by atoms with van der Waals surface area (Å²) in [5.74, 6) is 2.70. The third kappa shape index (κ3) is 5.14. The predicted octanol–water partition coefficient (Wildman–Crippen LogP) is 10.4. The maximum absolute atomic E-state index is 7.55. The minimum absolute atomic E-state index is 0.364. The zero-order chi connectivity index (χ0) is 27.1. The van der Waals surface area contributed by atoms with Gasteiger partial charge in [0.25, 0.3) is 0 Å². The van der Waals surface area contributed by atoms with Gasteiger partial charge in [0, 0.05) is 0 Å². The van der Waals surface area contributed by atoms with Crippen LogP contribution in [0.1, 0.15) is 105 Å². The van der Waals surface area contributed by atoms with E-state index < -0.39 is 21.1 Å². The van der Waals surface area contributed by atoms with Crippen LogP contribution in [-0.2, 0) is 21.1 Å². The summed E-state index contributed by atoms with van der Waals surface area (Å²) in [5.41, 5.74) is 10.9. The zero-order valence-electron chi connectivity index (χ0n) is 24.5. The number of hydrogen-bond donors (Lipinski definition) is 0. The molecule has 37 heavy (non-hydrogen) atoms. The Morgan fingerprint density at radius 2 is 0.892 bits per heavy atom. The van der Waals surface area contributed by atoms with Gasteiger partial charge < -0.3 is 0 Å². The molecule has 0 radical (unpaired) electrons. The number of rotatable bonds is 8. The van der Waals surface area contributed by atoms with Gasteiger partial charge in [0.15, 0.2) is 0 Å². The molecular weight excluding hydrogens is 532 g/mol. The van der Waals surface area contributed by atoms with E-state index in [4.69, 9.17) is 5.63 Å². The number of hydrogen-bond acceptors (Lipinski definition) is 2. The Morgan fingerprint density at radius 1 is 0.541 bits per heavy atom. The molecule has 196 valence electrons. The molecule has 0 bridgehead atoms. The molecular formula is C34H44O2Zr. The van der Waals surface area contributed by atoms with E-state index in [-0.39, 0.29) is 0 Å². The van der Waals surface area contributed by atoms with E-state index in [0.29, 0.717) is 11.8 Å². The fraction of sp³-hybridized carbons (Fsp3) is 0.412. The fourth-order valence-corrected chi connectivity index (χ4v) is 16.2. The normalized spacial score (nSPS) is 16.8. The Labute approximate surface area is 230 Å². The molecule has 0 aliphatic heterocycles. The van der Waals surface area contributed by atoms with E-state index in [2.05, 4.69) is 118 Å². The van der Waals surface area contributed by atoms with Crippen molar-refractivity contribution in [1.29, 1.82) is 0 Å². The van der Waals surface area contributed by atoms with Gasteiger partial charge >= 0.3 is 232 Å². The van der Waals surface area contributed by atoms with Crippen molar-refractivity contribution in [1.82, 2.24) is 0 Å². The second-order valence-electron chi connectivity index (χ2n) is 11.6. The average molecular weight is 576 g/mol. The molecule has 0 saturated heterocycles. The summed E-state index contributed by atoms with van der Waals surface area (Å²) >= 11 is -4.28. The van der Waals surface area contributed by atoms with Crippen molar-refractivity contribution in [2.75, 3.05) is 0 Å². The Kier molecular flexibility index (Phi) is 8.25. The maximum atomic E-state index is 7.55. The molecule has 2 aromatic rings. The van der Waals surface area contributed by atoms with E-state index in [0.717, 1.165) is 24.3 Å². The summed E-state index contributed by atoms with van der Waals surface area (Å²) in [7, 11) is 0. The van der Waals surface area contributed by atoms with Gasteiger partial charge in [-0.15, -0.1) is 0 Å². The van der Waals surface area contributed by atoms with Crippen molar-refractivity contribution in [3.8, 4) is 11.5 Å². The first-order valence-corrected chi connectivity index (χ1v) is 18.2. The minimum atomic E-state index is -4.28. The van der Waals surface area contributed by atoms with E-state index in [1.165, 1.54) is 51.1 Å². The summed E-state index contributed by atoms with van der Waals surface area (Å²) in [6.07, 6.45) is 1.88. The van der Waals surface area contributed by atoms with Crippen molar-refractivity contribution in [3.63, 3.8) is 0 Å². The zero-order valence-corrected chi connectivity index (χ0v) is 27.0. The van der Waals surface area contributed by atoms with Gasteiger partial charge in [-0.1, -0.05) is 0 Å². The van der Waals surface area contributed by atoms with Crippen LogP contribution in [0.5, 0.6) is 11.5 Å². The van der Waals surface area contributed by atoms with Crippen molar-refractivity contribution in [3.05, 3.63) is 99.7 Å². The van der Waals surface area contributed by atoms with Crippen molar-refractivity contribution in [2.24, 2.45) is 0 Å². The SMILES string of the molecule is CC1=C(C)C(C)=[C]([Zr]([O]c2ccccc2C(C)C)([O]c2ccccc2C(C)C)[C]2=C(C)C(C)=C(C)C2)C1.